The quantitative estimate of drug-likeness (QED) is 0.108. The van der Waals surface area contributed by atoms with Crippen LogP contribution in [0.1, 0.15) is 73.4 Å². The first-order valence-corrected chi connectivity index (χ1v) is 17.1. The van der Waals surface area contributed by atoms with Crippen LogP contribution in [-0.2, 0) is 27.9 Å². The van der Waals surface area contributed by atoms with Gasteiger partial charge in [0.25, 0.3) is 5.91 Å². The van der Waals surface area contributed by atoms with Gasteiger partial charge in [-0.1, -0.05) is 68.4 Å². The van der Waals surface area contributed by atoms with Crippen LogP contribution in [0.4, 0.5) is 0 Å². The molecule has 2 atom stereocenters. The van der Waals surface area contributed by atoms with E-state index in [1.807, 2.05) is 75.4 Å². The molecule has 0 saturated heterocycles. The molecule has 0 saturated carbocycles. The monoisotopic (exact) mass is 632 g/mol. The SMILES string of the molecule is CC(C)CCS(=O)(=O)NCCC[C@H](NC(=O)c1ccc(CNCc2ncc[nH]2)cc1)C(=O)N[C@@H](C)c1cccc2ccccc12. The summed E-state index contributed by atoms with van der Waals surface area (Å²) in [5, 5.41) is 11.4. The number of rotatable bonds is 17. The second-order valence-corrected chi connectivity index (χ2v) is 13.6. The number of benzene rings is 3. The number of fused-ring (bicyclic) bond motifs is 1. The lowest BCUT2D eigenvalue weighted by molar-refractivity contribution is -0.123. The standard InChI is InChI=1S/C34H44N6O4S/c1-24(2)17-21-45(43,44)38-18-7-12-31(34(42)39-25(3)29-11-6-9-27-8-4-5-10-30(27)29)40-33(41)28-15-13-26(14-16-28)22-35-23-32-36-19-20-37-32/h4-6,8-11,13-16,19-20,24-25,31,35,38H,7,12,17-18,21-23H2,1-3H3,(H,36,37)(H,39,42)(H,40,41)/t25-,31-/m0/s1. The van der Waals surface area contributed by atoms with E-state index in [4.69, 9.17) is 0 Å². The zero-order valence-electron chi connectivity index (χ0n) is 26.2. The van der Waals surface area contributed by atoms with Crippen LogP contribution in [0, 0.1) is 5.92 Å². The molecule has 0 unspecified atom stereocenters. The molecule has 0 spiro atoms. The number of aromatic amines is 1. The molecule has 0 aliphatic rings. The van der Waals surface area contributed by atoms with Gasteiger partial charge in [0.15, 0.2) is 0 Å². The summed E-state index contributed by atoms with van der Waals surface area (Å²) in [4.78, 5) is 34.1. The number of amides is 2. The van der Waals surface area contributed by atoms with Crippen molar-refractivity contribution in [2.75, 3.05) is 12.3 Å². The summed E-state index contributed by atoms with van der Waals surface area (Å²) in [5.74, 6) is 0.474. The Balaban J connectivity index is 1.39. The minimum atomic E-state index is -3.41. The number of nitrogens with one attached hydrogen (secondary N) is 5. The Morgan fingerprint density at radius 3 is 2.38 bits per heavy atom. The van der Waals surface area contributed by atoms with Gasteiger partial charge >= 0.3 is 0 Å². The van der Waals surface area contributed by atoms with Crippen molar-refractivity contribution in [3.63, 3.8) is 0 Å². The first kappa shape index (κ1) is 33.8. The fraction of sp³-hybridized carbons (Fsp3) is 0.382. The van der Waals surface area contributed by atoms with E-state index in [9.17, 15) is 18.0 Å². The molecule has 1 heterocycles. The van der Waals surface area contributed by atoms with E-state index in [-0.39, 0.29) is 42.5 Å². The summed E-state index contributed by atoms with van der Waals surface area (Å²) in [6.45, 7) is 7.25. The molecule has 0 aliphatic heterocycles. The highest BCUT2D eigenvalue weighted by molar-refractivity contribution is 7.89. The third-order valence-electron chi connectivity index (χ3n) is 7.62. The van der Waals surface area contributed by atoms with Crippen molar-refractivity contribution in [2.24, 2.45) is 5.92 Å². The molecule has 0 aliphatic carbocycles. The Kier molecular flexibility index (Phi) is 12.3. The minimum absolute atomic E-state index is 0.0578. The fourth-order valence-corrected chi connectivity index (χ4v) is 6.40. The lowest BCUT2D eigenvalue weighted by Gasteiger charge is -2.23. The third-order valence-corrected chi connectivity index (χ3v) is 9.04. The molecule has 45 heavy (non-hydrogen) atoms. The molecular formula is C34H44N6O4S. The molecule has 2 amide bonds. The maximum Gasteiger partial charge on any atom is 0.251 e. The molecule has 10 nitrogen and oxygen atoms in total. The smallest absolute Gasteiger partial charge is 0.251 e. The first-order valence-electron chi connectivity index (χ1n) is 15.5. The molecule has 11 heteroatoms. The summed E-state index contributed by atoms with van der Waals surface area (Å²) in [7, 11) is -3.41. The summed E-state index contributed by atoms with van der Waals surface area (Å²) < 4.78 is 27.4. The highest BCUT2D eigenvalue weighted by atomic mass is 32.2. The van der Waals surface area contributed by atoms with Gasteiger partial charge in [-0.15, -0.1) is 0 Å². The van der Waals surface area contributed by atoms with Gasteiger partial charge in [-0.2, -0.15) is 0 Å². The van der Waals surface area contributed by atoms with E-state index in [2.05, 4.69) is 30.6 Å². The molecule has 0 fully saturated rings. The second kappa shape index (κ2) is 16.3. The second-order valence-electron chi connectivity index (χ2n) is 11.7. The van der Waals surface area contributed by atoms with Gasteiger partial charge in [-0.25, -0.2) is 18.1 Å². The van der Waals surface area contributed by atoms with E-state index < -0.39 is 16.1 Å². The van der Waals surface area contributed by atoms with E-state index in [0.29, 0.717) is 31.5 Å². The van der Waals surface area contributed by atoms with Gasteiger partial charge in [0.2, 0.25) is 15.9 Å². The molecular weight excluding hydrogens is 588 g/mol. The Bertz CT molecular complexity index is 1630. The van der Waals surface area contributed by atoms with Gasteiger partial charge < -0.3 is 20.9 Å². The van der Waals surface area contributed by atoms with Gasteiger partial charge in [0, 0.05) is 31.0 Å². The van der Waals surface area contributed by atoms with Crippen molar-refractivity contribution in [3.05, 3.63) is 102 Å². The van der Waals surface area contributed by atoms with Crippen LogP contribution >= 0.6 is 0 Å². The van der Waals surface area contributed by atoms with Crippen molar-refractivity contribution in [1.82, 2.24) is 30.6 Å². The van der Waals surface area contributed by atoms with Crippen LogP contribution in [0.15, 0.2) is 79.1 Å². The van der Waals surface area contributed by atoms with Gasteiger partial charge in [-0.3, -0.25) is 9.59 Å². The number of carbonyl (C=O) groups is 2. The Hall–Kier alpha value is -4.06. The fourth-order valence-electron chi connectivity index (χ4n) is 5.02. The Morgan fingerprint density at radius 1 is 0.889 bits per heavy atom. The molecule has 4 aromatic rings. The van der Waals surface area contributed by atoms with Crippen LogP contribution in [0.2, 0.25) is 0 Å². The zero-order chi connectivity index (χ0) is 32.2. The predicted molar refractivity (Wildman–Crippen MR) is 178 cm³/mol. The molecule has 0 bridgehead atoms. The molecule has 240 valence electrons. The molecule has 4 rings (SSSR count). The lowest BCUT2D eigenvalue weighted by Crippen LogP contribution is -2.47. The first-order chi connectivity index (χ1) is 21.6. The number of H-pyrrole nitrogens is 1. The van der Waals surface area contributed by atoms with E-state index in [1.165, 1.54) is 0 Å². The predicted octanol–water partition coefficient (Wildman–Crippen LogP) is 4.57. The van der Waals surface area contributed by atoms with Gasteiger partial charge in [-0.05, 0) is 66.1 Å². The number of sulfonamides is 1. The lowest BCUT2D eigenvalue weighted by atomic mass is 9.99. The number of aromatic nitrogens is 2. The highest BCUT2D eigenvalue weighted by Gasteiger charge is 2.24. The topological polar surface area (TPSA) is 145 Å². The minimum Gasteiger partial charge on any atom is -0.348 e. The van der Waals surface area contributed by atoms with Crippen molar-refractivity contribution >= 4 is 32.6 Å². The van der Waals surface area contributed by atoms with Crippen LogP contribution in [-0.4, -0.2) is 48.5 Å². The zero-order valence-corrected chi connectivity index (χ0v) is 27.0. The third kappa shape index (κ3) is 10.5. The highest BCUT2D eigenvalue weighted by Crippen LogP contribution is 2.24. The maximum atomic E-state index is 13.6. The van der Waals surface area contributed by atoms with E-state index in [1.54, 1.807) is 24.5 Å². The summed E-state index contributed by atoms with van der Waals surface area (Å²) in [6.07, 6.45) is 4.69. The number of imidazole rings is 1. The van der Waals surface area contributed by atoms with E-state index in [0.717, 1.165) is 27.7 Å². The summed E-state index contributed by atoms with van der Waals surface area (Å²) >= 11 is 0. The van der Waals surface area contributed by atoms with Crippen molar-refractivity contribution in [1.29, 1.82) is 0 Å². The van der Waals surface area contributed by atoms with E-state index >= 15 is 0 Å². The van der Waals surface area contributed by atoms with Crippen molar-refractivity contribution < 1.29 is 18.0 Å². The van der Waals surface area contributed by atoms with Crippen LogP contribution in [0.3, 0.4) is 0 Å². The molecule has 5 N–H and O–H groups in total. The summed E-state index contributed by atoms with van der Waals surface area (Å²) in [6, 6.07) is 20.0. The normalized spacial score (nSPS) is 13.1. The summed E-state index contributed by atoms with van der Waals surface area (Å²) in [5.41, 5.74) is 2.40. The van der Waals surface area contributed by atoms with Crippen LogP contribution < -0.4 is 20.7 Å². The largest absolute Gasteiger partial charge is 0.348 e. The van der Waals surface area contributed by atoms with Crippen LogP contribution in [0.5, 0.6) is 0 Å². The average Bonchev–Trinajstić information content (AvgIpc) is 3.55. The number of nitrogens with zero attached hydrogens (tertiary/aromatic N) is 1. The number of carbonyl (C=O) groups excluding carboxylic acids is 2. The van der Waals surface area contributed by atoms with Crippen LogP contribution in [0.25, 0.3) is 10.8 Å². The molecule has 0 radical (unpaired) electrons. The Morgan fingerprint density at radius 2 is 1.64 bits per heavy atom. The number of hydrogen-bond acceptors (Lipinski definition) is 6. The Labute approximate surface area is 265 Å². The van der Waals surface area contributed by atoms with Gasteiger partial charge in [0.1, 0.15) is 11.9 Å². The average molecular weight is 633 g/mol. The molecule has 1 aromatic heterocycles. The molecule has 3 aromatic carbocycles. The maximum absolute atomic E-state index is 13.6. The van der Waals surface area contributed by atoms with Gasteiger partial charge in [0.05, 0.1) is 18.3 Å². The number of hydrogen-bond donors (Lipinski definition) is 5. The van der Waals surface area contributed by atoms with Crippen molar-refractivity contribution in [3.8, 4) is 0 Å². The van der Waals surface area contributed by atoms with Crippen molar-refractivity contribution in [2.45, 2.75) is 65.2 Å².